The average Bonchev–Trinajstić information content (AvgIpc) is 3.06. The van der Waals surface area contributed by atoms with Gasteiger partial charge < -0.3 is 14.8 Å². The van der Waals surface area contributed by atoms with Crippen LogP contribution in [0, 0.1) is 5.92 Å². The Bertz CT molecular complexity index is 582. The first-order valence-electron chi connectivity index (χ1n) is 8.71. The van der Waals surface area contributed by atoms with E-state index >= 15 is 0 Å². The van der Waals surface area contributed by atoms with Gasteiger partial charge in [-0.25, -0.2) is 4.98 Å². The summed E-state index contributed by atoms with van der Waals surface area (Å²) in [6, 6.07) is 9.95. The fourth-order valence-electron chi connectivity index (χ4n) is 3.33. The minimum Gasteiger partial charge on any atom is -0.444 e. The van der Waals surface area contributed by atoms with Gasteiger partial charge in [0.25, 0.3) is 0 Å². The number of oxazole rings is 1. The van der Waals surface area contributed by atoms with Crippen LogP contribution in [0.4, 0.5) is 0 Å². The summed E-state index contributed by atoms with van der Waals surface area (Å²) in [6.45, 7) is 1.68. The quantitative estimate of drug-likeness (QED) is 0.764. The highest BCUT2D eigenvalue weighted by Crippen LogP contribution is 2.27. The Balaban J connectivity index is 1.37. The van der Waals surface area contributed by atoms with Crippen molar-refractivity contribution in [3.05, 3.63) is 42.3 Å². The van der Waals surface area contributed by atoms with E-state index in [0.717, 1.165) is 43.6 Å². The molecule has 1 fully saturated rings. The van der Waals surface area contributed by atoms with Crippen LogP contribution in [0.25, 0.3) is 11.5 Å². The largest absolute Gasteiger partial charge is 0.444 e. The van der Waals surface area contributed by atoms with Crippen molar-refractivity contribution in [2.24, 2.45) is 5.92 Å². The second-order valence-electron chi connectivity index (χ2n) is 6.44. The molecule has 1 heterocycles. The number of aromatic nitrogens is 1. The molecule has 2 N–H and O–H groups in total. The van der Waals surface area contributed by atoms with Gasteiger partial charge in [-0.2, -0.15) is 0 Å². The second kappa shape index (κ2) is 8.27. The molecule has 23 heavy (non-hydrogen) atoms. The highest BCUT2D eigenvalue weighted by Gasteiger charge is 2.22. The van der Waals surface area contributed by atoms with Crippen LogP contribution in [0.1, 0.15) is 44.2 Å². The average molecular weight is 314 g/mol. The Morgan fingerprint density at radius 3 is 2.83 bits per heavy atom. The number of rotatable bonds is 7. The molecule has 4 nitrogen and oxygen atoms in total. The number of aliphatic hydroxyl groups is 1. The van der Waals surface area contributed by atoms with Crippen molar-refractivity contribution in [3.63, 3.8) is 0 Å². The van der Waals surface area contributed by atoms with Gasteiger partial charge in [0.1, 0.15) is 6.26 Å². The number of aliphatic hydroxyl groups excluding tert-OH is 1. The van der Waals surface area contributed by atoms with E-state index in [1.807, 2.05) is 30.3 Å². The fraction of sp³-hybridized carbons (Fsp3) is 0.526. The summed E-state index contributed by atoms with van der Waals surface area (Å²) in [4.78, 5) is 4.51. The van der Waals surface area contributed by atoms with Gasteiger partial charge >= 0.3 is 0 Å². The molecule has 0 aliphatic heterocycles. The Hall–Kier alpha value is -1.65. The summed E-state index contributed by atoms with van der Waals surface area (Å²) in [7, 11) is 0. The highest BCUT2D eigenvalue weighted by molar-refractivity contribution is 5.52. The van der Waals surface area contributed by atoms with Crippen molar-refractivity contribution in [3.8, 4) is 11.5 Å². The Labute approximate surface area is 137 Å². The third kappa shape index (κ3) is 4.66. The van der Waals surface area contributed by atoms with Crippen LogP contribution in [-0.4, -0.2) is 22.7 Å². The van der Waals surface area contributed by atoms with Gasteiger partial charge in [-0.15, -0.1) is 0 Å². The Morgan fingerprint density at radius 1 is 1.17 bits per heavy atom. The van der Waals surface area contributed by atoms with Crippen molar-refractivity contribution in [2.75, 3.05) is 6.54 Å². The highest BCUT2D eigenvalue weighted by atomic mass is 16.3. The van der Waals surface area contributed by atoms with Crippen LogP contribution in [0.3, 0.4) is 0 Å². The minimum absolute atomic E-state index is 0.0762. The smallest absolute Gasteiger partial charge is 0.226 e. The Morgan fingerprint density at radius 2 is 2.00 bits per heavy atom. The lowest BCUT2D eigenvalue weighted by Crippen LogP contribution is -2.25. The molecule has 1 aromatic heterocycles. The molecule has 0 saturated heterocycles. The van der Waals surface area contributed by atoms with Crippen molar-refractivity contribution in [1.82, 2.24) is 10.3 Å². The van der Waals surface area contributed by atoms with E-state index in [2.05, 4.69) is 10.3 Å². The van der Waals surface area contributed by atoms with Crippen LogP contribution < -0.4 is 5.32 Å². The fourth-order valence-corrected chi connectivity index (χ4v) is 3.33. The lowest BCUT2D eigenvalue weighted by atomic mass is 9.83. The van der Waals surface area contributed by atoms with Gasteiger partial charge in [0.05, 0.1) is 11.8 Å². The van der Waals surface area contributed by atoms with E-state index in [1.165, 1.54) is 19.3 Å². The van der Waals surface area contributed by atoms with E-state index in [9.17, 15) is 5.11 Å². The normalized spacial score (nSPS) is 21.4. The van der Waals surface area contributed by atoms with Crippen molar-refractivity contribution in [1.29, 1.82) is 0 Å². The molecule has 124 valence electrons. The van der Waals surface area contributed by atoms with Crippen molar-refractivity contribution >= 4 is 0 Å². The number of nitrogens with one attached hydrogen (secondary N) is 1. The minimum atomic E-state index is -0.0762. The summed E-state index contributed by atoms with van der Waals surface area (Å²) < 4.78 is 5.53. The van der Waals surface area contributed by atoms with Crippen LogP contribution in [0.2, 0.25) is 0 Å². The molecule has 0 bridgehead atoms. The van der Waals surface area contributed by atoms with Crippen LogP contribution in [-0.2, 0) is 6.54 Å². The first-order valence-corrected chi connectivity index (χ1v) is 8.71. The predicted molar refractivity (Wildman–Crippen MR) is 90.8 cm³/mol. The van der Waals surface area contributed by atoms with E-state index in [0.29, 0.717) is 11.8 Å². The van der Waals surface area contributed by atoms with Crippen LogP contribution in [0.5, 0.6) is 0 Å². The molecule has 2 unspecified atom stereocenters. The molecule has 0 spiro atoms. The number of hydrogen-bond acceptors (Lipinski definition) is 4. The topological polar surface area (TPSA) is 58.3 Å². The maximum absolute atomic E-state index is 9.97. The second-order valence-corrected chi connectivity index (χ2v) is 6.44. The summed E-state index contributed by atoms with van der Waals surface area (Å²) in [5, 5.41) is 13.4. The SMILES string of the molecule is OC1CCCCC1CCCNCc1coc(-c2ccccc2)n1. The van der Waals surface area contributed by atoms with Gasteiger partial charge in [0.2, 0.25) is 5.89 Å². The lowest BCUT2D eigenvalue weighted by molar-refractivity contribution is 0.0643. The van der Waals surface area contributed by atoms with Gasteiger partial charge in [-0.05, 0) is 50.3 Å². The zero-order valence-corrected chi connectivity index (χ0v) is 13.6. The molecular weight excluding hydrogens is 288 g/mol. The summed E-state index contributed by atoms with van der Waals surface area (Å²) in [5.41, 5.74) is 1.94. The molecule has 2 aromatic rings. The third-order valence-corrected chi connectivity index (χ3v) is 4.68. The first kappa shape index (κ1) is 16.2. The van der Waals surface area contributed by atoms with Gasteiger partial charge in [-0.1, -0.05) is 31.0 Å². The maximum Gasteiger partial charge on any atom is 0.226 e. The Kier molecular flexibility index (Phi) is 5.83. The first-order chi connectivity index (χ1) is 11.3. The van der Waals surface area contributed by atoms with Crippen LogP contribution >= 0.6 is 0 Å². The molecule has 1 saturated carbocycles. The predicted octanol–water partition coefficient (Wildman–Crippen LogP) is 3.76. The van der Waals surface area contributed by atoms with E-state index in [-0.39, 0.29) is 6.10 Å². The van der Waals surface area contributed by atoms with Gasteiger partial charge in [-0.3, -0.25) is 0 Å². The summed E-state index contributed by atoms with van der Waals surface area (Å²) in [5.74, 6) is 1.18. The molecule has 3 rings (SSSR count). The van der Waals surface area contributed by atoms with Gasteiger partial charge in [0, 0.05) is 12.1 Å². The summed E-state index contributed by atoms with van der Waals surface area (Å²) >= 11 is 0. The molecule has 0 amide bonds. The summed E-state index contributed by atoms with van der Waals surface area (Å²) in [6.07, 6.45) is 8.49. The molecule has 1 aromatic carbocycles. The zero-order valence-electron chi connectivity index (χ0n) is 13.6. The molecule has 2 atom stereocenters. The molecule has 1 aliphatic carbocycles. The van der Waals surface area contributed by atoms with E-state index < -0.39 is 0 Å². The number of hydrogen-bond donors (Lipinski definition) is 2. The standard InChI is InChI=1S/C19H26N2O2/c22-18-11-5-4-7-15(18)10-6-12-20-13-17-14-23-19(21-17)16-8-2-1-3-9-16/h1-3,8-9,14-15,18,20,22H,4-7,10-13H2. The third-order valence-electron chi connectivity index (χ3n) is 4.68. The monoisotopic (exact) mass is 314 g/mol. The van der Waals surface area contributed by atoms with E-state index in [4.69, 9.17) is 4.42 Å². The molecular formula is C19H26N2O2. The maximum atomic E-state index is 9.97. The van der Waals surface area contributed by atoms with Crippen LogP contribution in [0.15, 0.2) is 41.0 Å². The number of nitrogens with zero attached hydrogens (tertiary/aromatic N) is 1. The zero-order chi connectivity index (χ0) is 15.9. The lowest BCUT2D eigenvalue weighted by Gasteiger charge is -2.27. The van der Waals surface area contributed by atoms with Gasteiger partial charge in [0.15, 0.2) is 0 Å². The molecule has 0 radical (unpaired) electrons. The van der Waals surface area contributed by atoms with Crippen molar-refractivity contribution < 1.29 is 9.52 Å². The number of benzene rings is 1. The van der Waals surface area contributed by atoms with E-state index in [1.54, 1.807) is 6.26 Å². The van der Waals surface area contributed by atoms with Crippen molar-refractivity contribution in [2.45, 2.75) is 51.2 Å². The molecule has 1 aliphatic rings. The molecule has 4 heteroatoms.